The SMILES string of the molecule is O=C(OP)C(Br)Br. The van der Waals surface area contributed by atoms with Crippen LogP contribution in [0.25, 0.3) is 0 Å². The van der Waals surface area contributed by atoms with Crippen LogP contribution in [-0.4, -0.2) is 9.71 Å². The Morgan fingerprint density at radius 3 is 2.14 bits per heavy atom. The van der Waals surface area contributed by atoms with E-state index >= 15 is 0 Å². The molecule has 1 atom stereocenters. The molecule has 0 N–H and O–H groups in total. The molecule has 0 saturated carbocycles. The van der Waals surface area contributed by atoms with Crippen molar-refractivity contribution in [2.75, 3.05) is 0 Å². The highest BCUT2D eigenvalue weighted by atomic mass is 79.9. The summed E-state index contributed by atoms with van der Waals surface area (Å²) in [4.78, 5) is 10.2. The molecule has 1 unspecified atom stereocenters. The summed E-state index contributed by atoms with van der Waals surface area (Å²) < 4.78 is 3.80. The fourth-order valence-electron chi connectivity index (χ4n) is 0.0514. The molecule has 0 saturated heterocycles. The maximum absolute atomic E-state index is 10.2. The Kier molecular flexibility index (Phi) is 4.28. The van der Waals surface area contributed by atoms with Crippen LogP contribution < -0.4 is 0 Å². The van der Waals surface area contributed by atoms with E-state index in [2.05, 4.69) is 36.4 Å². The van der Waals surface area contributed by atoms with Crippen LogP contribution in [0.1, 0.15) is 0 Å². The van der Waals surface area contributed by atoms with E-state index in [1.807, 2.05) is 9.47 Å². The van der Waals surface area contributed by atoms with Gasteiger partial charge in [-0.2, -0.15) is 0 Å². The van der Waals surface area contributed by atoms with Gasteiger partial charge in [-0.25, -0.2) is 4.79 Å². The lowest BCUT2D eigenvalue weighted by Crippen LogP contribution is -2.04. The van der Waals surface area contributed by atoms with Gasteiger partial charge in [-0.15, -0.1) is 0 Å². The molecule has 0 aromatic heterocycles. The number of carbonyl (C=O) groups excluding carboxylic acids is 1. The Bertz CT molecular complexity index is 74.1. The van der Waals surface area contributed by atoms with Crippen molar-refractivity contribution < 1.29 is 9.32 Å². The molecule has 2 nitrogen and oxygen atoms in total. The Hall–Kier alpha value is 0.860. The Morgan fingerprint density at radius 2 is 2.14 bits per heavy atom. The molecule has 0 amide bonds. The second kappa shape index (κ2) is 3.81. The summed E-state index contributed by atoms with van der Waals surface area (Å²) in [7, 11) is 1.85. The summed E-state index contributed by atoms with van der Waals surface area (Å²) in [5, 5.41) is 0. The summed E-state index contributed by atoms with van der Waals surface area (Å²) in [6.45, 7) is 0. The van der Waals surface area contributed by atoms with Crippen LogP contribution >= 0.6 is 41.3 Å². The third kappa shape index (κ3) is 3.44. The van der Waals surface area contributed by atoms with E-state index in [9.17, 15) is 4.79 Å². The molecule has 42 valence electrons. The van der Waals surface area contributed by atoms with Gasteiger partial charge in [-0.1, -0.05) is 31.9 Å². The van der Waals surface area contributed by atoms with E-state index in [-0.39, 0.29) is 5.97 Å². The molecule has 0 radical (unpaired) electrons. The lowest BCUT2D eigenvalue weighted by molar-refractivity contribution is -0.130. The fourth-order valence-corrected chi connectivity index (χ4v) is 0.802. The summed E-state index contributed by atoms with van der Waals surface area (Å²) in [5.41, 5.74) is 0. The largest absolute Gasteiger partial charge is 0.450 e. The number of rotatable bonds is 1. The van der Waals surface area contributed by atoms with E-state index < -0.39 is 3.74 Å². The molecule has 0 aliphatic rings. The van der Waals surface area contributed by atoms with E-state index in [4.69, 9.17) is 0 Å². The molecule has 5 heteroatoms. The van der Waals surface area contributed by atoms with E-state index in [0.29, 0.717) is 0 Å². The van der Waals surface area contributed by atoms with Crippen molar-refractivity contribution in [1.29, 1.82) is 0 Å². The van der Waals surface area contributed by atoms with Gasteiger partial charge in [0.25, 0.3) is 0 Å². The third-order valence-electron chi connectivity index (χ3n) is 0.294. The number of halogens is 2. The first-order valence-electron chi connectivity index (χ1n) is 1.37. The molecule has 0 bridgehead atoms. The first-order valence-corrected chi connectivity index (χ1v) is 3.67. The predicted molar refractivity (Wildman–Crippen MR) is 37.4 cm³/mol. The van der Waals surface area contributed by atoms with Gasteiger partial charge in [-0.05, 0) is 0 Å². The highest BCUT2D eigenvalue weighted by molar-refractivity contribution is 9.25. The topological polar surface area (TPSA) is 26.3 Å². The molecular weight excluding hydrogens is 247 g/mol. The second-order valence-corrected chi connectivity index (χ2v) is 4.03. The fraction of sp³-hybridized carbons (Fsp3) is 0.500. The normalized spacial score (nSPS) is 9.14. The third-order valence-corrected chi connectivity index (χ3v) is 1.27. The zero-order valence-electron chi connectivity index (χ0n) is 3.23. The molecule has 0 aliphatic carbocycles. The highest BCUT2D eigenvalue weighted by Crippen LogP contribution is 2.10. The summed E-state index contributed by atoms with van der Waals surface area (Å²) in [6, 6.07) is 0. The van der Waals surface area contributed by atoms with Crippen LogP contribution in [0, 0.1) is 0 Å². The van der Waals surface area contributed by atoms with E-state index in [1.165, 1.54) is 0 Å². The minimum Gasteiger partial charge on any atom is -0.450 e. The molecule has 0 aromatic rings. The Morgan fingerprint density at radius 1 is 1.71 bits per heavy atom. The summed E-state index contributed by atoms with van der Waals surface area (Å²) in [6.07, 6.45) is 0. The van der Waals surface area contributed by atoms with E-state index in [1.54, 1.807) is 0 Å². The van der Waals surface area contributed by atoms with Crippen LogP contribution in [0.2, 0.25) is 0 Å². The first kappa shape index (κ1) is 7.86. The van der Waals surface area contributed by atoms with Crippen molar-refractivity contribution in [2.45, 2.75) is 3.74 Å². The average Bonchev–Trinajstić information content (AvgIpc) is 1.65. The molecule has 0 fully saturated rings. The monoisotopic (exact) mass is 248 g/mol. The maximum atomic E-state index is 10.2. The van der Waals surface area contributed by atoms with Gasteiger partial charge in [0.05, 0.1) is 9.47 Å². The molecule has 0 aliphatic heterocycles. The number of alkyl halides is 2. The average molecular weight is 250 g/mol. The smallest absolute Gasteiger partial charge is 0.332 e. The Balaban J connectivity index is 3.35. The minimum atomic E-state index is -0.391. The first-order chi connectivity index (χ1) is 3.18. The molecule has 0 aromatic carbocycles. The summed E-state index contributed by atoms with van der Waals surface area (Å²) >= 11 is 5.86. The highest BCUT2D eigenvalue weighted by Gasteiger charge is 2.08. The van der Waals surface area contributed by atoms with Gasteiger partial charge in [0, 0.05) is 0 Å². The van der Waals surface area contributed by atoms with Gasteiger partial charge in [-0.3, -0.25) is 0 Å². The van der Waals surface area contributed by atoms with Crippen LogP contribution in [0.15, 0.2) is 0 Å². The van der Waals surface area contributed by atoms with Crippen molar-refractivity contribution >= 4 is 47.3 Å². The lowest BCUT2D eigenvalue weighted by Gasteiger charge is -1.94. The molecule has 0 rings (SSSR count). The van der Waals surface area contributed by atoms with Crippen molar-refractivity contribution in [3.8, 4) is 0 Å². The van der Waals surface area contributed by atoms with Crippen LogP contribution in [0.5, 0.6) is 0 Å². The maximum Gasteiger partial charge on any atom is 0.332 e. The minimum absolute atomic E-state index is 0.356. The zero-order valence-corrected chi connectivity index (χ0v) is 7.55. The zero-order chi connectivity index (χ0) is 5.86. The van der Waals surface area contributed by atoms with Crippen LogP contribution in [-0.2, 0) is 9.32 Å². The molecule has 0 spiro atoms. The molecular formula is C2H3Br2O2P. The number of hydrogen-bond donors (Lipinski definition) is 0. The van der Waals surface area contributed by atoms with Gasteiger partial charge >= 0.3 is 5.97 Å². The van der Waals surface area contributed by atoms with Gasteiger partial charge in [0.1, 0.15) is 0 Å². The second-order valence-electron chi connectivity index (χ2n) is 0.738. The summed E-state index contributed by atoms with van der Waals surface area (Å²) in [5.74, 6) is -0.356. The van der Waals surface area contributed by atoms with Crippen LogP contribution in [0.3, 0.4) is 0 Å². The number of carbonyl (C=O) groups is 1. The van der Waals surface area contributed by atoms with E-state index in [0.717, 1.165) is 0 Å². The Labute approximate surface area is 60.5 Å². The van der Waals surface area contributed by atoms with Gasteiger partial charge in [0.15, 0.2) is 3.74 Å². The predicted octanol–water partition coefficient (Wildman–Crippen LogP) is 1.44. The molecule has 0 heterocycles. The lowest BCUT2D eigenvalue weighted by atomic mass is 10.8. The van der Waals surface area contributed by atoms with Crippen molar-refractivity contribution in [3.63, 3.8) is 0 Å². The van der Waals surface area contributed by atoms with Gasteiger partial charge in [0.2, 0.25) is 0 Å². The van der Waals surface area contributed by atoms with Crippen LogP contribution in [0.4, 0.5) is 0 Å². The molecule has 7 heavy (non-hydrogen) atoms. The standard InChI is InChI=1S/C2H3Br2O2P/c3-1(4)2(5)6-7/h1H,7H2. The van der Waals surface area contributed by atoms with Crippen molar-refractivity contribution in [2.24, 2.45) is 0 Å². The van der Waals surface area contributed by atoms with Gasteiger partial charge < -0.3 is 4.52 Å². The van der Waals surface area contributed by atoms with Crippen molar-refractivity contribution in [3.05, 3.63) is 0 Å². The van der Waals surface area contributed by atoms with Crippen molar-refractivity contribution in [1.82, 2.24) is 0 Å². The number of hydrogen-bond acceptors (Lipinski definition) is 2. The quantitative estimate of drug-likeness (QED) is 0.519.